The van der Waals surface area contributed by atoms with E-state index in [4.69, 9.17) is 4.74 Å². The van der Waals surface area contributed by atoms with E-state index >= 15 is 0 Å². The molecule has 8 heteroatoms. The lowest BCUT2D eigenvalue weighted by molar-refractivity contribution is -0.136. The Morgan fingerprint density at radius 1 is 1.15 bits per heavy atom. The number of methoxy groups -OCH3 is 1. The Morgan fingerprint density at radius 2 is 1.82 bits per heavy atom. The van der Waals surface area contributed by atoms with Crippen LogP contribution in [0.15, 0.2) is 35.2 Å². The molecule has 2 saturated heterocycles. The number of rotatable bonds is 5. The maximum atomic E-state index is 13.0. The molecular weight excluding hydrogens is 438 g/mol. The summed E-state index contributed by atoms with van der Waals surface area (Å²) in [4.78, 5) is 41.3. The first kappa shape index (κ1) is 23.2. The maximum absolute atomic E-state index is 13.0. The van der Waals surface area contributed by atoms with Crippen LogP contribution in [0.5, 0.6) is 5.75 Å². The number of aromatic nitrogens is 1. The summed E-state index contributed by atoms with van der Waals surface area (Å²) >= 11 is 0.892. The zero-order chi connectivity index (χ0) is 23.7. The Hall–Kier alpha value is -3.00. The summed E-state index contributed by atoms with van der Waals surface area (Å²) < 4.78 is 7.33. The third-order valence-corrected chi connectivity index (χ3v) is 7.30. The number of nitrogens with zero attached hydrogens (tertiary/aromatic N) is 3. The van der Waals surface area contributed by atoms with Gasteiger partial charge in [0.1, 0.15) is 12.3 Å². The van der Waals surface area contributed by atoms with E-state index < -0.39 is 11.1 Å². The van der Waals surface area contributed by atoms with Gasteiger partial charge in [0, 0.05) is 30.2 Å². The Balaban J connectivity index is 1.52. The van der Waals surface area contributed by atoms with Crippen LogP contribution < -0.4 is 4.74 Å². The highest BCUT2D eigenvalue weighted by Crippen LogP contribution is 2.34. The number of thioether (sulfide) groups is 1. The zero-order valence-electron chi connectivity index (χ0n) is 19.5. The summed E-state index contributed by atoms with van der Waals surface area (Å²) in [6.45, 7) is 7.33. The number of hydrogen-bond acceptors (Lipinski definition) is 5. The lowest BCUT2D eigenvalue weighted by atomic mass is 9.99. The lowest BCUT2D eigenvalue weighted by Gasteiger charge is -2.31. The Labute approximate surface area is 198 Å². The van der Waals surface area contributed by atoms with Crippen LogP contribution in [0.2, 0.25) is 0 Å². The number of carbonyl (C=O) groups is 3. The van der Waals surface area contributed by atoms with Gasteiger partial charge in [0.05, 0.1) is 12.0 Å². The van der Waals surface area contributed by atoms with Gasteiger partial charge in [0.25, 0.3) is 11.1 Å². The van der Waals surface area contributed by atoms with Crippen molar-refractivity contribution in [1.82, 2.24) is 14.4 Å². The van der Waals surface area contributed by atoms with Gasteiger partial charge < -0.3 is 14.2 Å². The first-order valence-corrected chi connectivity index (χ1v) is 12.0. The highest BCUT2D eigenvalue weighted by molar-refractivity contribution is 8.18. The van der Waals surface area contributed by atoms with Crippen LogP contribution in [0, 0.1) is 19.8 Å². The molecule has 1 aromatic carbocycles. The molecule has 0 unspecified atom stereocenters. The average Bonchev–Trinajstić information content (AvgIpc) is 3.23. The molecule has 0 radical (unpaired) electrons. The monoisotopic (exact) mass is 467 g/mol. The summed E-state index contributed by atoms with van der Waals surface area (Å²) in [6.07, 6.45) is 3.66. The third kappa shape index (κ3) is 4.71. The summed E-state index contributed by atoms with van der Waals surface area (Å²) in [5, 5.41) is -0.395. The summed E-state index contributed by atoms with van der Waals surface area (Å²) in [5.41, 5.74) is 3.82. The predicted octanol–water partition coefficient (Wildman–Crippen LogP) is 4.40. The van der Waals surface area contributed by atoms with Gasteiger partial charge >= 0.3 is 0 Å². The van der Waals surface area contributed by atoms with Crippen LogP contribution >= 0.6 is 11.8 Å². The minimum absolute atomic E-state index is 0.164. The molecule has 2 aliphatic rings. The topological polar surface area (TPSA) is 71.8 Å². The highest BCUT2D eigenvalue weighted by atomic mass is 32.2. The van der Waals surface area contributed by atoms with Crippen molar-refractivity contribution in [3.63, 3.8) is 0 Å². The molecule has 2 fully saturated rings. The highest BCUT2D eigenvalue weighted by Gasteiger charge is 2.37. The third-order valence-electron chi connectivity index (χ3n) is 6.39. The number of likely N-dealkylation sites (tertiary alicyclic amines) is 1. The number of amides is 3. The van der Waals surface area contributed by atoms with Gasteiger partial charge in [-0.15, -0.1) is 0 Å². The van der Waals surface area contributed by atoms with E-state index in [-0.39, 0.29) is 12.5 Å². The standard InChI is InChI=1S/C25H29N3O4S/c1-16-9-11-26(12-10-16)23(29)15-27-24(30)22(33-25(27)31)14-19-13-17(2)28(18(19)3)20-5-7-21(32-4)8-6-20/h5-8,13-14,16H,9-12,15H2,1-4H3. The summed E-state index contributed by atoms with van der Waals surface area (Å²) in [6, 6.07) is 9.75. The van der Waals surface area contributed by atoms with Gasteiger partial charge in [-0.05, 0) is 86.3 Å². The van der Waals surface area contributed by atoms with Crippen molar-refractivity contribution < 1.29 is 19.1 Å². The minimum atomic E-state index is -0.405. The Kier molecular flexibility index (Phi) is 6.65. The molecule has 7 nitrogen and oxygen atoms in total. The van der Waals surface area contributed by atoms with E-state index in [2.05, 4.69) is 11.5 Å². The molecule has 1 aromatic heterocycles. The number of ether oxygens (including phenoxy) is 1. The quantitative estimate of drug-likeness (QED) is 0.610. The van der Waals surface area contributed by atoms with Crippen LogP contribution in [0.4, 0.5) is 4.79 Å². The molecule has 3 heterocycles. The number of carbonyl (C=O) groups excluding carboxylic acids is 3. The molecule has 0 aliphatic carbocycles. The minimum Gasteiger partial charge on any atom is -0.497 e. The van der Waals surface area contributed by atoms with E-state index in [1.165, 1.54) is 0 Å². The van der Waals surface area contributed by atoms with Crippen molar-refractivity contribution in [1.29, 1.82) is 0 Å². The molecule has 3 amide bonds. The number of aryl methyl sites for hydroxylation is 1. The second-order valence-electron chi connectivity index (χ2n) is 8.69. The predicted molar refractivity (Wildman–Crippen MR) is 129 cm³/mol. The fourth-order valence-electron chi connectivity index (χ4n) is 4.33. The first-order valence-electron chi connectivity index (χ1n) is 11.1. The first-order chi connectivity index (χ1) is 15.8. The van der Waals surface area contributed by atoms with E-state index in [1.807, 2.05) is 44.2 Å². The van der Waals surface area contributed by atoms with Crippen LogP contribution in [0.3, 0.4) is 0 Å². The molecule has 4 rings (SSSR count). The fraction of sp³-hybridized carbons (Fsp3) is 0.400. The lowest BCUT2D eigenvalue weighted by Crippen LogP contribution is -2.45. The van der Waals surface area contributed by atoms with Gasteiger partial charge in [-0.3, -0.25) is 19.3 Å². The molecule has 0 spiro atoms. The van der Waals surface area contributed by atoms with E-state index in [0.29, 0.717) is 23.9 Å². The number of imide groups is 1. The second-order valence-corrected chi connectivity index (χ2v) is 9.68. The molecule has 33 heavy (non-hydrogen) atoms. The molecular formula is C25H29N3O4S. The number of hydrogen-bond donors (Lipinski definition) is 0. The SMILES string of the molecule is COc1ccc(-n2c(C)cc(C=C3SC(=O)N(CC(=O)N4CCC(C)CC4)C3=O)c2C)cc1. The van der Waals surface area contributed by atoms with Crippen molar-refractivity contribution in [2.75, 3.05) is 26.7 Å². The molecule has 0 atom stereocenters. The van der Waals surface area contributed by atoms with Crippen molar-refractivity contribution in [3.8, 4) is 11.4 Å². The van der Waals surface area contributed by atoms with Crippen LogP contribution in [-0.2, 0) is 9.59 Å². The van der Waals surface area contributed by atoms with Crippen molar-refractivity contribution in [2.24, 2.45) is 5.92 Å². The zero-order valence-corrected chi connectivity index (χ0v) is 20.3. The van der Waals surface area contributed by atoms with Crippen molar-refractivity contribution >= 4 is 34.9 Å². The Morgan fingerprint density at radius 3 is 2.45 bits per heavy atom. The second kappa shape index (κ2) is 9.47. The number of piperidine rings is 1. The molecule has 2 aliphatic heterocycles. The van der Waals surface area contributed by atoms with E-state index in [9.17, 15) is 14.4 Å². The van der Waals surface area contributed by atoms with Gasteiger partial charge in [-0.25, -0.2) is 0 Å². The smallest absolute Gasteiger partial charge is 0.294 e. The van der Waals surface area contributed by atoms with Gasteiger partial charge in [0.2, 0.25) is 5.91 Å². The average molecular weight is 468 g/mol. The summed E-state index contributed by atoms with van der Waals surface area (Å²) in [7, 11) is 1.63. The maximum Gasteiger partial charge on any atom is 0.294 e. The van der Waals surface area contributed by atoms with Crippen molar-refractivity contribution in [2.45, 2.75) is 33.6 Å². The van der Waals surface area contributed by atoms with Crippen molar-refractivity contribution in [3.05, 3.63) is 52.2 Å². The van der Waals surface area contributed by atoms with E-state index in [1.54, 1.807) is 18.1 Å². The van der Waals surface area contributed by atoms with Crippen LogP contribution in [0.25, 0.3) is 11.8 Å². The largest absolute Gasteiger partial charge is 0.497 e. The van der Waals surface area contributed by atoms with Crippen LogP contribution in [-0.4, -0.2) is 58.2 Å². The normalized spacial score (nSPS) is 18.5. The van der Waals surface area contributed by atoms with Gasteiger partial charge in [0.15, 0.2) is 0 Å². The molecule has 2 aromatic rings. The molecule has 0 N–H and O–H groups in total. The Bertz CT molecular complexity index is 1110. The van der Waals surface area contributed by atoms with Gasteiger partial charge in [-0.1, -0.05) is 6.92 Å². The molecule has 0 saturated carbocycles. The molecule has 0 bridgehead atoms. The number of benzene rings is 1. The fourth-order valence-corrected chi connectivity index (χ4v) is 5.16. The van der Waals surface area contributed by atoms with Crippen LogP contribution in [0.1, 0.15) is 36.7 Å². The summed E-state index contributed by atoms with van der Waals surface area (Å²) in [5.74, 6) is 0.816. The van der Waals surface area contributed by atoms with Gasteiger partial charge in [-0.2, -0.15) is 0 Å². The molecule has 174 valence electrons. The van der Waals surface area contributed by atoms with E-state index in [0.717, 1.165) is 57.9 Å².